The van der Waals surface area contributed by atoms with Crippen molar-refractivity contribution in [1.82, 2.24) is 19.2 Å². The third kappa shape index (κ3) is 3.39. The van der Waals surface area contributed by atoms with Crippen molar-refractivity contribution in [2.75, 3.05) is 14.2 Å². The minimum atomic E-state index is -0.196. The molecule has 1 N–H and O–H groups in total. The van der Waals surface area contributed by atoms with Crippen LogP contribution in [0.15, 0.2) is 71.3 Å². The van der Waals surface area contributed by atoms with Crippen molar-refractivity contribution in [3.8, 4) is 11.5 Å². The van der Waals surface area contributed by atoms with Gasteiger partial charge in [0.1, 0.15) is 5.52 Å². The number of methoxy groups -OCH3 is 2. The summed E-state index contributed by atoms with van der Waals surface area (Å²) in [5.74, 6) is 1.22. The van der Waals surface area contributed by atoms with Gasteiger partial charge < -0.3 is 9.47 Å². The second-order valence-corrected chi connectivity index (χ2v) is 7.30. The summed E-state index contributed by atoms with van der Waals surface area (Å²) in [4.78, 5) is 25.9. The zero-order valence-electron chi connectivity index (χ0n) is 18.1. The van der Waals surface area contributed by atoms with Gasteiger partial charge in [-0.15, -0.1) is 9.78 Å². The molecule has 0 radical (unpaired) electrons. The Morgan fingerprint density at radius 2 is 1.85 bits per heavy atom. The van der Waals surface area contributed by atoms with Gasteiger partial charge in [-0.05, 0) is 35.9 Å². The molecule has 0 atom stereocenters. The Kier molecular flexibility index (Phi) is 5.06. The monoisotopic (exact) mass is 441 g/mol. The van der Waals surface area contributed by atoms with Gasteiger partial charge in [0.15, 0.2) is 23.2 Å². The van der Waals surface area contributed by atoms with E-state index in [1.807, 2.05) is 36.4 Å². The molecule has 0 aliphatic rings. The van der Waals surface area contributed by atoms with Crippen molar-refractivity contribution < 1.29 is 14.5 Å². The molecule has 0 saturated carbocycles. The van der Waals surface area contributed by atoms with Gasteiger partial charge in [0.05, 0.1) is 38.0 Å². The first-order valence-electron chi connectivity index (χ1n) is 10.2. The zero-order valence-corrected chi connectivity index (χ0v) is 18.1. The maximum absolute atomic E-state index is 13.2. The summed E-state index contributed by atoms with van der Waals surface area (Å²) in [6.45, 7) is 4.09. The molecule has 0 fully saturated rings. The molecule has 0 bridgehead atoms. The summed E-state index contributed by atoms with van der Waals surface area (Å²) in [7, 11) is 3.16. The number of ether oxygens (including phenoxy) is 2. The number of benzene rings is 2. The molecule has 0 spiro atoms. The predicted octanol–water partition coefficient (Wildman–Crippen LogP) is 2.80. The normalized spacial score (nSPS) is 11.6. The smallest absolute Gasteiger partial charge is 0.323 e. The van der Waals surface area contributed by atoms with E-state index in [2.05, 4.69) is 16.7 Å². The Morgan fingerprint density at radius 1 is 1.09 bits per heavy atom. The van der Waals surface area contributed by atoms with Crippen LogP contribution in [0.2, 0.25) is 0 Å². The number of H-pyrrole nitrogens is 1. The van der Waals surface area contributed by atoms with E-state index in [1.165, 1.54) is 4.57 Å². The van der Waals surface area contributed by atoms with E-state index in [-0.39, 0.29) is 5.56 Å². The molecule has 0 saturated heterocycles. The maximum atomic E-state index is 13.2. The van der Waals surface area contributed by atoms with Crippen LogP contribution in [0, 0.1) is 0 Å². The quantitative estimate of drug-likeness (QED) is 0.298. The fourth-order valence-corrected chi connectivity index (χ4v) is 3.75. The van der Waals surface area contributed by atoms with Gasteiger partial charge in [-0.1, -0.05) is 24.8 Å². The van der Waals surface area contributed by atoms with E-state index in [9.17, 15) is 4.79 Å². The fraction of sp³-hybridized carbons (Fsp3) is 0.125. The van der Waals surface area contributed by atoms with Crippen LogP contribution in [0.5, 0.6) is 11.5 Å². The van der Waals surface area contributed by atoms with Crippen LogP contribution >= 0.6 is 0 Å². The Bertz CT molecular complexity index is 1620. The highest BCUT2D eigenvalue weighted by molar-refractivity contribution is 6.03. The molecule has 0 amide bonds. The van der Waals surface area contributed by atoms with Gasteiger partial charge in [-0.25, -0.2) is 24.3 Å². The first-order valence-corrected chi connectivity index (χ1v) is 10.2. The van der Waals surface area contributed by atoms with Crippen LogP contribution in [-0.2, 0) is 6.54 Å². The van der Waals surface area contributed by atoms with Crippen LogP contribution in [0.25, 0.3) is 33.2 Å². The molecule has 0 aliphatic carbocycles. The summed E-state index contributed by atoms with van der Waals surface area (Å²) >= 11 is 0. The number of hydrogen-bond donors (Lipinski definition) is 0. The third-order valence-electron chi connectivity index (χ3n) is 5.33. The Hall–Kier alpha value is -4.53. The molecule has 9 nitrogen and oxygen atoms in total. The number of fused-ring (bicyclic) bond motifs is 4. The highest BCUT2D eigenvalue weighted by Crippen LogP contribution is 2.27. The Labute approximate surface area is 188 Å². The second-order valence-electron chi connectivity index (χ2n) is 7.30. The number of nitrogens with zero attached hydrogens (tertiary/aromatic N) is 5. The van der Waals surface area contributed by atoms with E-state index >= 15 is 0 Å². The lowest BCUT2D eigenvalue weighted by atomic mass is 10.2. The van der Waals surface area contributed by atoms with Crippen LogP contribution in [0.3, 0.4) is 0 Å². The van der Waals surface area contributed by atoms with E-state index < -0.39 is 0 Å². The van der Waals surface area contributed by atoms with E-state index in [0.717, 1.165) is 5.56 Å². The summed E-state index contributed by atoms with van der Waals surface area (Å²) in [6, 6.07) is 13.0. The average Bonchev–Trinajstić information content (AvgIpc) is 3.15. The lowest BCUT2D eigenvalue weighted by Crippen LogP contribution is -2.26. The Balaban J connectivity index is 1.77. The number of para-hydroxylation sites is 2. The lowest BCUT2D eigenvalue weighted by Gasteiger charge is -2.07. The minimum absolute atomic E-state index is 0.196. The van der Waals surface area contributed by atoms with Gasteiger partial charge in [-0.3, -0.25) is 0 Å². The lowest BCUT2D eigenvalue weighted by molar-refractivity contribution is -0.357. The first kappa shape index (κ1) is 20.4. The van der Waals surface area contributed by atoms with Gasteiger partial charge in [-0.2, -0.15) is 0 Å². The van der Waals surface area contributed by atoms with E-state index in [0.29, 0.717) is 51.3 Å². The molecule has 5 rings (SSSR count). The largest absolute Gasteiger partial charge is 0.493 e. The van der Waals surface area contributed by atoms with Gasteiger partial charge >= 0.3 is 5.56 Å². The molecule has 164 valence electrons. The maximum Gasteiger partial charge on any atom is 0.323 e. The van der Waals surface area contributed by atoms with Crippen molar-refractivity contribution in [2.24, 2.45) is 5.10 Å². The van der Waals surface area contributed by atoms with Crippen LogP contribution in [0.1, 0.15) is 5.56 Å². The molecule has 0 aliphatic heterocycles. The van der Waals surface area contributed by atoms with Crippen molar-refractivity contribution in [1.29, 1.82) is 0 Å². The molecule has 33 heavy (non-hydrogen) atoms. The molecular weight excluding hydrogens is 420 g/mol. The number of nitrogens with one attached hydrogen (secondary N) is 1. The fourth-order valence-electron chi connectivity index (χ4n) is 3.75. The molecule has 0 unspecified atom stereocenters. The number of aromatic nitrogens is 5. The number of hydrogen-bond acceptors (Lipinski definition) is 6. The van der Waals surface area contributed by atoms with Crippen LogP contribution in [0.4, 0.5) is 0 Å². The van der Waals surface area contributed by atoms with Gasteiger partial charge in [0.2, 0.25) is 5.65 Å². The third-order valence-corrected chi connectivity index (χ3v) is 5.33. The van der Waals surface area contributed by atoms with Crippen molar-refractivity contribution >= 4 is 39.4 Å². The van der Waals surface area contributed by atoms with Crippen molar-refractivity contribution in [3.05, 3.63) is 77.4 Å². The summed E-state index contributed by atoms with van der Waals surface area (Å²) in [5, 5.41) is 5.05. The number of rotatable bonds is 6. The van der Waals surface area contributed by atoms with Crippen LogP contribution < -0.4 is 20.0 Å². The van der Waals surface area contributed by atoms with Crippen LogP contribution in [-0.4, -0.2) is 39.6 Å². The zero-order chi connectivity index (χ0) is 22.9. The predicted molar refractivity (Wildman–Crippen MR) is 126 cm³/mol. The molecule has 9 heteroatoms. The standard InChI is InChI=1S/C24H20N6O3/c1-4-11-29-14-25-22-20(24(29)31)21-23(28-17-8-6-5-7-16(17)27-21)30(22)26-13-15-9-10-18(32-2)19(12-15)33-3/h4-10,12-14H,1,11H2,2-3H3/p+1/b26-13+. The number of aromatic amines is 1. The SMILES string of the molecule is C=CCn1c[nH+]c2c(c1=O)c1nc3ccccc3nc1n2/N=C/c1ccc(OC)c(OC)c1. The van der Waals surface area contributed by atoms with E-state index in [1.54, 1.807) is 43.6 Å². The Morgan fingerprint density at radius 3 is 2.58 bits per heavy atom. The highest BCUT2D eigenvalue weighted by Gasteiger charge is 2.24. The van der Waals surface area contributed by atoms with Gasteiger partial charge in [0.25, 0.3) is 5.65 Å². The summed E-state index contributed by atoms with van der Waals surface area (Å²) in [6.07, 6.45) is 4.94. The first-order chi connectivity index (χ1) is 16.1. The van der Waals surface area contributed by atoms with Crippen molar-refractivity contribution in [2.45, 2.75) is 6.54 Å². The number of allylic oxidation sites excluding steroid dienone is 1. The minimum Gasteiger partial charge on any atom is -0.493 e. The molecular formula is C24H21N6O3+. The average molecular weight is 441 g/mol. The molecule has 3 aromatic heterocycles. The van der Waals surface area contributed by atoms with Gasteiger partial charge in [0, 0.05) is 0 Å². The summed E-state index contributed by atoms with van der Waals surface area (Å²) < 4.78 is 13.8. The second kappa shape index (κ2) is 8.19. The summed E-state index contributed by atoms with van der Waals surface area (Å²) in [5.41, 5.74) is 3.46. The van der Waals surface area contributed by atoms with Crippen molar-refractivity contribution in [3.63, 3.8) is 0 Å². The molecule has 2 aromatic carbocycles. The van der Waals surface area contributed by atoms with E-state index in [4.69, 9.17) is 19.4 Å². The molecule has 5 aromatic rings. The topological polar surface area (TPSA) is 97.7 Å². The highest BCUT2D eigenvalue weighted by atomic mass is 16.5. The molecule has 3 heterocycles.